The van der Waals surface area contributed by atoms with Gasteiger partial charge in [-0.2, -0.15) is 0 Å². The molecule has 1 atom stereocenters. The number of aromatic carboxylic acids is 1. The third-order valence-corrected chi connectivity index (χ3v) is 3.82. The number of hydrogen-bond donors (Lipinski definition) is 1. The van der Waals surface area contributed by atoms with Crippen LogP contribution in [0.4, 0.5) is 0 Å². The van der Waals surface area contributed by atoms with Gasteiger partial charge in [-0.25, -0.2) is 14.8 Å². The molecule has 0 saturated heterocycles. The smallest absolute Gasteiger partial charge is 0.354 e. The fraction of sp³-hybridized carbons (Fsp3) is 0.0833. The van der Waals surface area contributed by atoms with Gasteiger partial charge in [-0.3, -0.25) is 4.21 Å². The first-order chi connectivity index (χ1) is 8.99. The Bertz CT molecular complexity index is 676. The molecule has 1 aromatic heterocycles. The van der Waals surface area contributed by atoms with Crippen molar-refractivity contribution in [1.82, 2.24) is 9.97 Å². The minimum absolute atomic E-state index is 0.0933. The Hall–Kier alpha value is -1.79. The van der Waals surface area contributed by atoms with Crippen molar-refractivity contribution in [1.29, 1.82) is 0 Å². The molecule has 1 aromatic carbocycles. The molecule has 0 spiro atoms. The largest absolute Gasteiger partial charge is 0.477 e. The summed E-state index contributed by atoms with van der Waals surface area (Å²) < 4.78 is 11.4. The first-order valence-corrected chi connectivity index (χ1v) is 7.11. The van der Waals surface area contributed by atoms with Crippen LogP contribution in [-0.4, -0.2) is 31.5 Å². The van der Waals surface area contributed by atoms with E-state index in [2.05, 4.69) is 9.97 Å². The van der Waals surface area contributed by atoms with Crippen LogP contribution in [0.3, 0.4) is 0 Å². The lowest BCUT2D eigenvalue weighted by Crippen LogP contribution is -2.01. The molecule has 0 fully saturated rings. The molecule has 2 rings (SSSR count). The minimum Gasteiger partial charge on any atom is -0.477 e. The predicted molar refractivity (Wildman–Crippen MR) is 71.8 cm³/mol. The summed E-state index contributed by atoms with van der Waals surface area (Å²) in [5.74, 6) is -1.12. The van der Waals surface area contributed by atoms with Crippen LogP contribution in [-0.2, 0) is 10.8 Å². The number of carboxylic acid groups (broad SMARTS) is 1. The molecule has 0 bridgehead atoms. The zero-order valence-corrected chi connectivity index (χ0v) is 11.4. The van der Waals surface area contributed by atoms with Crippen molar-refractivity contribution in [2.24, 2.45) is 0 Å². The van der Waals surface area contributed by atoms with E-state index < -0.39 is 16.8 Å². The van der Waals surface area contributed by atoms with E-state index in [1.165, 1.54) is 18.6 Å². The molecule has 19 heavy (non-hydrogen) atoms. The maximum Gasteiger partial charge on any atom is 0.354 e. The van der Waals surface area contributed by atoms with Crippen LogP contribution >= 0.6 is 11.6 Å². The summed E-state index contributed by atoms with van der Waals surface area (Å²) >= 11 is 6.02. The van der Waals surface area contributed by atoms with Gasteiger partial charge in [0.15, 0.2) is 5.69 Å². The molecular formula is C12H9ClN2O3S. The SMILES string of the molecule is CS(=O)c1ccc(-c2cc(C(=O)O)ncn2)cc1Cl. The maximum absolute atomic E-state index is 11.4. The second-order valence-electron chi connectivity index (χ2n) is 3.69. The standard InChI is InChI=1S/C12H9ClN2O3S/c1-19(18)11-3-2-7(4-8(11)13)9-5-10(12(16)17)15-6-14-9/h2-6H,1H3,(H,16,17). The van der Waals surface area contributed by atoms with Gasteiger partial charge in [-0.15, -0.1) is 0 Å². The summed E-state index contributed by atoms with van der Waals surface area (Å²) in [5.41, 5.74) is 0.996. The molecule has 98 valence electrons. The molecule has 1 N–H and O–H groups in total. The van der Waals surface area contributed by atoms with E-state index in [1.807, 2.05) is 0 Å². The Morgan fingerprint density at radius 2 is 2.05 bits per heavy atom. The lowest BCUT2D eigenvalue weighted by Gasteiger charge is -2.05. The Morgan fingerprint density at radius 3 is 2.63 bits per heavy atom. The molecule has 0 aliphatic carbocycles. The van der Waals surface area contributed by atoms with Gasteiger partial charge >= 0.3 is 5.97 Å². The van der Waals surface area contributed by atoms with E-state index in [4.69, 9.17) is 16.7 Å². The van der Waals surface area contributed by atoms with Gasteiger partial charge in [-0.05, 0) is 18.2 Å². The van der Waals surface area contributed by atoms with E-state index in [0.717, 1.165) is 0 Å². The quantitative estimate of drug-likeness (QED) is 0.939. The fourth-order valence-corrected chi connectivity index (χ4v) is 2.63. The van der Waals surface area contributed by atoms with Gasteiger partial charge in [0.25, 0.3) is 0 Å². The summed E-state index contributed by atoms with van der Waals surface area (Å²) in [7, 11) is -1.18. The summed E-state index contributed by atoms with van der Waals surface area (Å²) in [6, 6.07) is 6.29. The highest BCUT2D eigenvalue weighted by Crippen LogP contribution is 2.26. The number of rotatable bonds is 3. The van der Waals surface area contributed by atoms with E-state index in [-0.39, 0.29) is 5.69 Å². The van der Waals surface area contributed by atoms with Gasteiger partial charge in [0, 0.05) is 11.8 Å². The van der Waals surface area contributed by atoms with Crippen molar-refractivity contribution >= 4 is 28.4 Å². The second kappa shape index (κ2) is 5.46. The average molecular weight is 297 g/mol. The first kappa shape index (κ1) is 13.6. The molecule has 1 heterocycles. The predicted octanol–water partition coefficient (Wildman–Crippen LogP) is 2.23. The van der Waals surface area contributed by atoms with Crippen molar-refractivity contribution in [3.8, 4) is 11.3 Å². The van der Waals surface area contributed by atoms with Crippen LogP contribution in [0.15, 0.2) is 35.5 Å². The first-order valence-electron chi connectivity index (χ1n) is 5.17. The molecule has 5 nitrogen and oxygen atoms in total. The van der Waals surface area contributed by atoms with Gasteiger partial charge in [-0.1, -0.05) is 17.7 Å². The Labute approximate surface area is 116 Å². The summed E-state index contributed by atoms with van der Waals surface area (Å²) in [5, 5.41) is 9.23. The normalized spacial score (nSPS) is 12.1. The van der Waals surface area contributed by atoms with Crippen molar-refractivity contribution in [3.63, 3.8) is 0 Å². The van der Waals surface area contributed by atoms with Crippen LogP contribution in [0.2, 0.25) is 5.02 Å². The molecular weight excluding hydrogens is 288 g/mol. The third-order valence-electron chi connectivity index (χ3n) is 2.42. The van der Waals surface area contributed by atoms with Crippen molar-refractivity contribution < 1.29 is 14.1 Å². The number of carboxylic acids is 1. The van der Waals surface area contributed by atoms with Crippen LogP contribution < -0.4 is 0 Å². The van der Waals surface area contributed by atoms with E-state index in [1.54, 1.807) is 18.2 Å². The fourth-order valence-electron chi connectivity index (χ4n) is 1.53. The highest BCUT2D eigenvalue weighted by atomic mass is 35.5. The number of aromatic nitrogens is 2. The van der Waals surface area contributed by atoms with Crippen molar-refractivity contribution in [3.05, 3.63) is 41.3 Å². The lowest BCUT2D eigenvalue weighted by atomic mass is 10.1. The maximum atomic E-state index is 11.4. The van der Waals surface area contributed by atoms with Crippen molar-refractivity contribution in [2.75, 3.05) is 6.26 Å². The van der Waals surface area contributed by atoms with E-state index >= 15 is 0 Å². The third kappa shape index (κ3) is 2.97. The Morgan fingerprint density at radius 1 is 1.32 bits per heavy atom. The summed E-state index contributed by atoms with van der Waals surface area (Å²) in [6.45, 7) is 0. The topological polar surface area (TPSA) is 80.2 Å². The van der Waals surface area contributed by atoms with Crippen LogP contribution in [0, 0.1) is 0 Å². The molecule has 7 heteroatoms. The van der Waals surface area contributed by atoms with Crippen LogP contribution in [0.1, 0.15) is 10.5 Å². The van der Waals surface area contributed by atoms with Crippen molar-refractivity contribution in [2.45, 2.75) is 4.90 Å². The molecule has 0 radical (unpaired) electrons. The highest BCUT2D eigenvalue weighted by Gasteiger charge is 2.10. The second-order valence-corrected chi connectivity index (χ2v) is 5.45. The Balaban J connectivity index is 2.48. The molecule has 0 aliphatic heterocycles. The zero-order chi connectivity index (χ0) is 14.0. The number of benzene rings is 1. The monoisotopic (exact) mass is 296 g/mol. The number of hydrogen-bond acceptors (Lipinski definition) is 4. The molecule has 1 unspecified atom stereocenters. The summed E-state index contributed by atoms with van der Waals surface area (Å²) in [4.78, 5) is 19.0. The van der Waals surface area contributed by atoms with Gasteiger partial charge < -0.3 is 5.11 Å². The zero-order valence-electron chi connectivity index (χ0n) is 9.83. The molecule has 0 aliphatic rings. The minimum atomic E-state index is -1.18. The van der Waals surface area contributed by atoms with Crippen LogP contribution in [0.5, 0.6) is 0 Å². The van der Waals surface area contributed by atoms with Gasteiger partial charge in [0.1, 0.15) is 6.33 Å². The van der Waals surface area contributed by atoms with Gasteiger partial charge in [0.05, 0.1) is 26.4 Å². The number of halogens is 1. The molecule has 0 saturated carbocycles. The van der Waals surface area contributed by atoms with Crippen LogP contribution in [0.25, 0.3) is 11.3 Å². The molecule has 0 amide bonds. The highest BCUT2D eigenvalue weighted by molar-refractivity contribution is 7.84. The van der Waals surface area contributed by atoms with E-state index in [9.17, 15) is 9.00 Å². The number of carbonyl (C=O) groups is 1. The number of nitrogens with zero attached hydrogens (tertiary/aromatic N) is 2. The lowest BCUT2D eigenvalue weighted by molar-refractivity contribution is 0.0690. The molecule has 2 aromatic rings. The van der Waals surface area contributed by atoms with Gasteiger partial charge in [0.2, 0.25) is 0 Å². The Kier molecular flexibility index (Phi) is 3.92. The van der Waals surface area contributed by atoms with E-state index in [0.29, 0.717) is 21.2 Å². The summed E-state index contributed by atoms with van der Waals surface area (Å²) in [6.07, 6.45) is 2.71. The average Bonchev–Trinajstić information content (AvgIpc) is 2.38.